The Morgan fingerprint density at radius 3 is 2.53 bits per heavy atom. The molecule has 0 aliphatic rings. The molecule has 1 amide bonds. The van der Waals surface area contributed by atoms with Gasteiger partial charge in [-0.2, -0.15) is 0 Å². The molecule has 0 radical (unpaired) electrons. The third-order valence-corrected chi connectivity index (χ3v) is 2.72. The average Bonchev–Trinajstić information content (AvgIpc) is 2.35. The summed E-state index contributed by atoms with van der Waals surface area (Å²) in [5.74, 6) is -0.0601. The minimum atomic E-state index is -0.0601. The zero-order chi connectivity index (χ0) is 12.8. The molecular weight excluding hydrogens is 216 g/mol. The van der Waals surface area contributed by atoms with E-state index < -0.39 is 0 Å². The van der Waals surface area contributed by atoms with Crippen molar-refractivity contribution in [3.63, 3.8) is 0 Å². The summed E-state index contributed by atoms with van der Waals surface area (Å²) in [7, 11) is 1.73. The van der Waals surface area contributed by atoms with Crippen LogP contribution in [-0.2, 0) is 9.53 Å². The number of hydrogen-bond acceptors (Lipinski definition) is 3. The van der Waals surface area contributed by atoms with Crippen molar-refractivity contribution in [2.45, 2.75) is 26.4 Å². The maximum absolute atomic E-state index is 11.8. The highest BCUT2D eigenvalue weighted by molar-refractivity contribution is 5.93. The fraction of sp³-hybridized carbons (Fsp3) is 0.462. The average molecular weight is 236 g/mol. The molecule has 0 fully saturated rings. The first-order chi connectivity index (χ1) is 8.04. The summed E-state index contributed by atoms with van der Waals surface area (Å²) in [6, 6.07) is 7.18. The van der Waals surface area contributed by atoms with Crippen LogP contribution >= 0.6 is 0 Å². The van der Waals surface area contributed by atoms with E-state index in [-0.39, 0.29) is 18.6 Å². The molecule has 1 atom stereocenters. The predicted octanol–water partition coefficient (Wildman–Crippen LogP) is 2.05. The minimum Gasteiger partial charge on any atom is -0.399 e. The second kappa shape index (κ2) is 6.25. The SMILES string of the molecule is CCC(C)OCC(=O)N(C)c1ccc(N)cc1. The third-order valence-electron chi connectivity index (χ3n) is 2.72. The Balaban J connectivity index is 2.54. The Kier molecular flexibility index (Phi) is 4.97. The van der Waals surface area contributed by atoms with Crippen molar-refractivity contribution < 1.29 is 9.53 Å². The lowest BCUT2D eigenvalue weighted by Gasteiger charge is -2.18. The van der Waals surface area contributed by atoms with E-state index in [1.54, 1.807) is 24.1 Å². The highest BCUT2D eigenvalue weighted by atomic mass is 16.5. The van der Waals surface area contributed by atoms with Gasteiger partial charge in [0.25, 0.3) is 5.91 Å². The Labute approximate surface area is 102 Å². The lowest BCUT2D eigenvalue weighted by atomic mass is 10.2. The second-order valence-electron chi connectivity index (χ2n) is 4.07. The van der Waals surface area contributed by atoms with Crippen LogP contribution in [-0.4, -0.2) is 25.7 Å². The van der Waals surface area contributed by atoms with Crippen LogP contribution in [0, 0.1) is 0 Å². The van der Waals surface area contributed by atoms with Crippen LogP contribution in [0.25, 0.3) is 0 Å². The summed E-state index contributed by atoms with van der Waals surface area (Å²) in [6.07, 6.45) is 1.01. The topological polar surface area (TPSA) is 55.6 Å². The van der Waals surface area contributed by atoms with Crippen LogP contribution in [0.2, 0.25) is 0 Å². The molecule has 17 heavy (non-hydrogen) atoms. The van der Waals surface area contributed by atoms with E-state index >= 15 is 0 Å². The number of nitrogens with two attached hydrogens (primary N) is 1. The molecule has 4 heteroatoms. The number of benzene rings is 1. The van der Waals surface area contributed by atoms with Crippen LogP contribution in [0.15, 0.2) is 24.3 Å². The largest absolute Gasteiger partial charge is 0.399 e. The number of amides is 1. The zero-order valence-electron chi connectivity index (χ0n) is 10.6. The number of ether oxygens (including phenoxy) is 1. The molecule has 1 aromatic carbocycles. The van der Waals surface area contributed by atoms with Gasteiger partial charge in [-0.15, -0.1) is 0 Å². The van der Waals surface area contributed by atoms with Gasteiger partial charge >= 0.3 is 0 Å². The molecule has 0 saturated carbocycles. The van der Waals surface area contributed by atoms with Crippen molar-refractivity contribution in [2.75, 3.05) is 24.3 Å². The monoisotopic (exact) mass is 236 g/mol. The number of rotatable bonds is 5. The molecule has 0 bridgehead atoms. The summed E-state index contributed by atoms with van der Waals surface area (Å²) in [6.45, 7) is 4.09. The molecule has 94 valence electrons. The van der Waals surface area contributed by atoms with Gasteiger partial charge in [-0.1, -0.05) is 6.92 Å². The highest BCUT2D eigenvalue weighted by Gasteiger charge is 2.12. The van der Waals surface area contributed by atoms with E-state index in [0.717, 1.165) is 12.1 Å². The fourth-order valence-electron chi connectivity index (χ4n) is 1.27. The molecule has 1 unspecified atom stereocenters. The molecule has 0 saturated heterocycles. The lowest BCUT2D eigenvalue weighted by Crippen LogP contribution is -2.31. The number of carbonyl (C=O) groups is 1. The van der Waals surface area contributed by atoms with Crippen LogP contribution in [0.1, 0.15) is 20.3 Å². The van der Waals surface area contributed by atoms with Crippen LogP contribution < -0.4 is 10.6 Å². The van der Waals surface area contributed by atoms with Gasteiger partial charge in [0.15, 0.2) is 0 Å². The second-order valence-corrected chi connectivity index (χ2v) is 4.07. The van der Waals surface area contributed by atoms with Crippen LogP contribution in [0.5, 0.6) is 0 Å². The number of likely N-dealkylation sites (N-methyl/N-ethyl adjacent to an activating group) is 1. The van der Waals surface area contributed by atoms with Crippen molar-refractivity contribution in [3.8, 4) is 0 Å². The summed E-state index contributed by atoms with van der Waals surface area (Å²) in [5.41, 5.74) is 7.09. The van der Waals surface area contributed by atoms with E-state index in [1.807, 2.05) is 26.0 Å². The summed E-state index contributed by atoms with van der Waals surface area (Å²) in [4.78, 5) is 13.4. The smallest absolute Gasteiger partial charge is 0.252 e. The highest BCUT2D eigenvalue weighted by Crippen LogP contribution is 2.15. The van der Waals surface area contributed by atoms with E-state index in [9.17, 15) is 4.79 Å². The Bertz CT molecular complexity index is 362. The number of nitrogen functional groups attached to an aromatic ring is 1. The summed E-state index contributed by atoms with van der Waals surface area (Å²) in [5, 5.41) is 0. The van der Waals surface area contributed by atoms with Crippen LogP contribution in [0.4, 0.5) is 11.4 Å². The summed E-state index contributed by atoms with van der Waals surface area (Å²) >= 11 is 0. The fourth-order valence-corrected chi connectivity index (χ4v) is 1.27. The molecule has 1 aromatic rings. The minimum absolute atomic E-state index is 0.0601. The van der Waals surface area contributed by atoms with Crippen molar-refractivity contribution in [1.82, 2.24) is 0 Å². The van der Waals surface area contributed by atoms with Gasteiger partial charge in [-0.25, -0.2) is 0 Å². The quantitative estimate of drug-likeness (QED) is 0.796. The first kappa shape index (κ1) is 13.5. The van der Waals surface area contributed by atoms with Gasteiger partial charge in [-0.05, 0) is 37.6 Å². The van der Waals surface area contributed by atoms with Gasteiger partial charge in [-0.3, -0.25) is 4.79 Å². The summed E-state index contributed by atoms with van der Waals surface area (Å²) < 4.78 is 5.40. The number of anilines is 2. The van der Waals surface area contributed by atoms with Crippen molar-refractivity contribution in [2.24, 2.45) is 0 Å². The lowest BCUT2D eigenvalue weighted by molar-refractivity contribution is -0.124. The molecule has 0 aliphatic heterocycles. The number of nitrogens with zero attached hydrogens (tertiary/aromatic N) is 1. The van der Waals surface area contributed by atoms with Gasteiger partial charge in [0.1, 0.15) is 6.61 Å². The van der Waals surface area contributed by atoms with Crippen molar-refractivity contribution >= 4 is 17.3 Å². The first-order valence-electron chi connectivity index (χ1n) is 5.78. The van der Waals surface area contributed by atoms with E-state index in [0.29, 0.717) is 5.69 Å². The normalized spacial score (nSPS) is 12.2. The number of hydrogen-bond donors (Lipinski definition) is 1. The van der Waals surface area contributed by atoms with Crippen molar-refractivity contribution in [1.29, 1.82) is 0 Å². The van der Waals surface area contributed by atoms with Gasteiger partial charge < -0.3 is 15.4 Å². The van der Waals surface area contributed by atoms with E-state index in [4.69, 9.17) is 10.5 Å². The molecule has 0 heterocycles. The van der Waals surface area contributed by atoms with Crippen molar-refractivity contribution in [3.05, 3.63) is 24.3 Å². The Hall–Kier alpha value is -1.55. The first-order valence-corrected chi connectivity index (χ1v) is 5.78. The predicted molar refractivity (Wildman–Crippen MR) is 70.0 cm³/mol. The Morgan fingerprint density at radius 1 is 1.41 bits per heavy atom. The maximum atomic E-state index is 11.8. The molecule has 1 rings (SSSR count). The maximum Gasteiger partial charge on any atom is 0.252 e. The van der Waals surface area contributed by atoms with Crippen LogP contribution in [0.3, 0.4) is 0 Å². The van der Waals surface area contributed by atoms with Gasteiger partial charge in [0, 0.05) is 18.4 Å². The molecule has 0 aromatic heterocycles. The zero-order valence-corrected chi connectivity index (χ0v) is 10.6. The molecule has 2 N–H and O–H groups in total. The van der Waals surface area contributed by atoms with E-state index in [2.05, 4.69) is 0 Å². The van der Waals surface area contributed by atoms with E-state index in [1.165, 1.54) is 0 Å². The van der Waals surface area contributed by atoms with Gasteiger partial charge in [0.05, 0.1) is 6.10 Å². The van der Waals surface area contributed by atoms with Gasteiger partial charge in [0.2, 0.25) is 0 Å². The molecule has 4 nitrogen and oxygen atoms in total. The standard InChI is InChI=1S/C13H20N2O2/c1-4-10(2)17-9-13(16)15(3)12-7-5-11(14)6-8-12/h5-8,10H,4,9,14H2,1-3H3. The number of carbonyl (C=O) groups excluding carboxylic acids is 1. The molecule has 0 aliphatic carbocycles. The molecular formula is C13H20N2O2. The Morgan fingerprint density at radius 2 is 2.00 bits per heavy atom. The molecule has 0 spiro atoms. The third kappa shape index (κ3) is 4.07.